The summed E-state index contributed by atoms with van der Waals surface area (Å²) in [6, 6.07) is 9.72. The molecule has 1 atom stereocenters. The van der Waals surface area contributed by atoms with Gasteiger partial charge in [0.25, 0.3) is 0 Å². The van der Waals surface area contributed by atoms with Crippen LogP contribution < -0.4 is 5.11 Å². The van der Waals surface area contributed by atoms with Crippen LogP contribution in [-0.2, 0) is 11.2 Å². The van der Waals surface area contributed by atoms with E-state index in [9.17, 15) is 9.90 Å². The molecule has 1 aliphatic carbocycles. The summed E-state index contributed by atoms with van der Waals surface area (Å²) < 4.78 is 1.81. The van der Waals surface area contributed by atoms with Crippen molar-refractivity contribution in [2.45, 2.75) is 61.8 Å². The van der Waals surface area contributed by atoms with E-state index >= 15 is 0 Å². The zero-order chi connectivity index (χ0) is 18.6. The van der Waals surface area contributed by atoms with Crippen LogP contribution in [0.15, 0.2) is 40.6 Å². The first-order valence-corrected chi connectivity index (χ1v) is 10.5. The van der Waals surface area contributed by atoms with Gasteiger partial charge in [0.2, 0.25) is 5.16 Å². The van der Waals surface area contributed by atoms with E-state index in [0.29, 0.717) is 5.16 Å². The van der Waals surface area contributed by atoms with Gasteiger partial charge in [-0.2, -0.15) is 9.78 Å². The van der Waals surface area contributed by atoms with Crippen molar-refractivity contribution in [3.63, 3.8) is 0 Å². The van der Waals surface area contributed by atoms with Crippen molar-refractivity contribution in [1.82, 2.24) is 14.9 Å². The number of benzene rings is 1. The lowest BCUT2D eigenvalue weighted by Crippen LogP contribution is -2.33. The minimum Gasteiger partial charge on any atom is -0.550 e. The molecule has 0 amide bonds. The molecule has 0 N–H and O–H groups in total. The Balaban J connectivity index is 1.59. The molecule has 2 aromatic rings. The van der Waals surface area contributed by atoms with Crippen LogP contribution in [0.2, 0.25) is 0 Å². The summed E-state index contributed by atoms with van der Waals surface area (Å²) in [4.78, 5) is 11.2. The SMILES string of the molecule is O=C([O-])C[C@@H]1Sc2nnc(CCC3CCCCC3)n2N=C1c1ccccc1. The number of hydrogen-bond donors (Lipinski definition) is 0. The molecule has 0 saturated heterocycles. The van der Waals surface area contributed by atoms with Crippen LogP contribution in [0, 0.1) is 5.92 Å². The van der Waals surface area contributed by atoms with Gasteiger partial charge in [-0.05, 0) is 17.9 Å². The minimum absolute atomic E-state index is 0.0946. The van der Waals surface area contributed by atoms with E-state index in [1.807, 2.05) is 35.0 Å². The first-order valence-electron chi connectivity index (χ1n) is 9.66. The van der Waals surface area contributed by atoms with Crippen molar-refractivity contribution in [3.8, 4) is 0 Å². The molecule has 0 spiro atoms. The third-order valence-electron chi connectivity index (χ3n) is 5.36. The van der Waals surface area contributed by atoms with E-state index in [1.165, 1.54) is 43.9 Å². The summed E-state index contributed by atoms with van der Waals surface area (Å²) in [5.41, 5.74) is 1.67. The average molecular weight is 383 g/mol. The van der Waals surface area contributed by atoms with Gasteiger partial charge in [-0.1, -0.05) is 74.2 Å². The van der Waals surface area contributed by atoms with Gasteiger partial charge in [-0.3, -0.25) is 0 Å². The predicted molar refractivity (Wildman–Crippen MR) is 103 cm³/mol. The molecule has 2 heterocycles. The van der Waals surface area contributed by atoms with E-state index in [0.717, 1.165) is 35.9 Å². The Hall–Kier alpha value is -2.15. The molecule has 7 heteroatoms. The number of carboxylic acids is 1. The summed E-state index contributed by atoms with van der Waals surface area (Å²) in [5, 5.41) is 24.9. The maximum Gasteiger partial charge on any atom is 0.212 e. The number of aromatic nitrogens is 3. The first kappa shape index (κ1) is 18.2. The smallest absolute Gasteiger partial charge is 0.212 e. The van der Waals surface area contributed by atoms with E-state index in [2.05, 4.69) is 10.2 Å². The highest BCUT2D eigenvalue weighted by Crippen LogP contribution is 2.33. The Labute approximate surface area is 163 Å². The topological polar surface area (TPSA) is 83.2 Å². The van der Waals surface area contributed by atoms with Crippen molar-refractivity contribution in [3.05, 3.63) is 41.7 Å². The van der Waals surface area contributed by atoms with Gasteiger partial charge in [0, 0.05) is 18.8 Å². The maximum absolute atomic E-state index is 11.2. The number of hydrogen-bond acceptors (Lipinski definition) is 6. The number of carbonyl (C=O) groups is 1. The third-order valence-corrected chi connectivity index (χ3v) is 6.50. The average Bonchev–Trinajstić information content (AvgIpc) is 3.08. The van der Waals surface area contributed by atoms with Crippen LogP contribution in [0.25, 0.3) is 0 Å². The van der Waals surface area contributed by atoms with E-state index in [-0.39, 0.29) is 11.7 Å². The molecule has 1 aromatic heterocycles. The van der Waals surface area contributed by atoms with Crippen LogP contribution >= 0.6 is 11.8 Å². The van der Waals surface area contributed by atoms with Gasteiger partial charge in [-0.25, -0.2) is 0 Å². The molecule has 1 aliphatic heterocycles. The van der Waals surface area contributed by atoms with E-state index in [1.54, 1.807) is 0 Å². The maximum atomic E-state index is 11.2. The summed E-state index contributed by atoms with van der Waals surface area (Å²) >= 11 is 1.41. The standard InChI is InChI=1S/C20H24N4O2S/c25-18(26)13-16-19(15-9-5-2-6-10-15)23-24-17(21-22-20(24)27-16)12-11-14-7-3-1-4-8-14/h2,5-6,9-10,14,16H,1,3-4,7-8,11-13H2,(H,25,26)/p-1/t16-/m0/s1. The molecule has 142 valence electrons. The normalized spacial score (nSPS) is 20.1. The Bertz CT molecular complexity index is 828. The van der Waals surface area contributed by atoms with Crippen molar-refractivity contribution in [1.29, 1.82) is 0 Å². The van der Waals surface area contributed by atoms with Crippen molar-refractivity contribution < 1.29 is 9.90 Å². The lowest BCUT2D eigenvalue weighted by atomic mass is 9.86. The molecule has 2 aliphatic rings. The number of aryl methyl sites for hydroxylation is 1. The van der Waals surface area contributed by atoms with Crippen LogP contribution in [0.1, 0.15) is 56.3 Å². The lowest BCUT2D eigenvalue weighted by Gasteiger charge is -2.24. The molecule has 0 radical (unpaired) electrons. The molecule has 27 heavy (non-hydrogen) atoms. The second kappa shape index (κ2) is 8.25. The molecule has 1 saturated carbocycles. The van der Waals surface area contributed by atoms with Gasteiger partial charge in [0.05, 0.1) is 11.0 Å². The minimum atomic E-state index is -1.08. The quantitative estimate of drug-likeness (QED) is 0.766. The van der Waals surface area contributed by atoms with Crippen LogP contribution in [0.4, 0.5) is 0 Å². The molecule has 6 nitrogen and oxygen atoms in total. The van der Waals surface area contributed by atoms with Crippen LogP contribution in [-0.4, -0.2) is 31.8 Å². The van der Waals surface area contributed by atoms with Crippen molar-refractivity contribution >= 4 is 23.4 Å². The van der Waals surface area contributed by atoms with Crippen LogP contribution in [0.5, 0.6) is 0 Å². The molecule has 1 aromatic carbocycles. The summed E-state index contributed by atoms with van der Waals surface area (Å²) in [6.45, 7) is 0. The molecule has 0 bridgehead atoms. The van der Waals surface area contributed by atoms with Gasteiger partial charge >= 0.3 is 0 Å². The number of nitrogens with zero attached hydrogens (tertiary/aromatic N) is 4. The number of aliphatic carboxylic acids is 1. The number of thioether (sulfide) groups is 1. The Morgan fingerprint density at radius 2 is 1.93 bits per heavy atom. The zero-order valence-corrected chi connectivity index (χ0v) is 16.0. The second-order valence-corrected chi connectivity index (χ2v) is 8.46. The fraction of sp³-hybridized carbons (Fsp3) is 0.500. The fourth-order valence-electron chi connectivity index (χ4n) is 3.93. The third kappa shape index (κ3) is 4.24. The monoisotopic (exact) mass is 383 g/mol. The zero-order valence-electron chi connectivity index (χ0n) is 15.2. The van der Waals surface area contributed by atoms with Gasteiger partial charge in [0.15, 0.2) is 5.82 Å². The Kier molecular flexibility index (Phi) is 5.57. The Morgan fingerprint density at radius 3 is 2.67 bits per heavy atom. The predicted octanol–water partition coefficient (Wildman–Crippen LogP) is 2.66. The lowest BCUT2D eigenvalue weighted by molar-refractivity contribution is -0.305. The first-order chi connectivity index (χ1) is 13.2. The van der Waals surface area contributed by atoms with Gasteiger partial charge < -0.3 is 9.90 Å². The fourth-order valence-corrected chi connectivity index (χ4v) is 5.03. The summed E-state index contributed by atoms with van der Waals surface area (Å²) in [6.07, 6.45) is 8.51. The highest BCUT2D eigenvalue weighted by molar-refractivity contribution is 8.00. The Morgan fingerprint density at radius 1 is 1.15 bits per heavy atom. The number of carboxylic acid groups (broad SMARTS) is 1. The van der Waals surface area contributed by atoms with E-state index < -0.39 is 5.97 Å². The number of fused-ring (bicyclic) bond motifs is 1. The molecule has 4 rings (SSSR count). The van der Waals surface area contributed by atoms with Crippen LogP contribution in [0.3, 0.4) is 0 Å². The number of rotatable bonds is 6. The largest absolute Gasteiger partial charge is 0.550 e. The summed E-state index contributed by atoms with van der Waals surface area (Å²) in [5.74, 6) is 0.552. The van der Waals surface area contributed by atoms with Gasteiger partial charge in [-0.15, -0.1) is 10.2 Å². The van der Waals surface area contributed by atoms with Gasteiger partial charge in [0.1, 0.15) is 0 Å². The number of carbonyl (C=O) groups excluding carboxylic acids is 1. The molecular formula is C20H23N4O2S-. The molecule has 0 unspecified atom stereocenters. The van der Waals surface area contributed by atoms with E-state index in [4.69, 9.17) is 5.10 Å². The van der Waals surface area contributed by atoms with Crippen molar-refractivity contribution in [2.24, 2.45) is 11.0 Å². The molecule has 1 fully saturated rings. The highest BCUT2D eigenvalue weighted by Gasteiger charge is 2.29. The molecular weight excluding hydrogens is 360 g/mol. The second-order valence-electron chi connectivity index (χ2n) is 7.29. The highest BCUT2D eigenvalue weighted by atomic mass is 32.2. The summed E-state index contributed by atoms with van der Waals surface area (Å²) in [7, 11) is 0. The van der Waals surface area contributed by atoms with Crippen molar-refractivity contribution in [2.75, 3.05) is 0 Å².